The molecule has 0 saturated heterocycles. The smallest absolute Gasteiger partial charge is 0.101 e. The normalized spacial score (nSPS) is 13.1. The molecule has 0 amide bonds. The predicted octanol–water partition coefficient (Wildman–Crippen LogP) is 4.03. The molecule has 1 heterocycles. The third-order valence-electron chi connectivity index (χ3n) is 3.55. The number of hydrogen-bond acceptors (Lipinski definition) is 3. The van der Waals surface area contributed by atoms with Crippen LogP contribution < -0.4 is 5.32 Å². The van der Waals surface area contributed by atoms with Crippen molar-refractivity contribution in [1.29, 1.82) is 5.26 Å². The van der Waals surface area contributed by atoms with Gasteiger partial charge in [-0.05, 0) is 55.5 Å². The lowest BCUT2D eigenvalue weighted by atomic mass is 10.1. The van der Waals surface area contributed by atoms with Gasteiger partial charge in [-0.1, -0.05) is 6.07 Å². The first-order chi connectivity index (χ1) is 9.26. The van der Waals surface area contributed by atoms with Crippen LogP contribution in [0.4, 0.5) is 5.69 Å². The molecular formula is C16H16N2S. The van der Waals surface area contributed by atoms with Gasteiger partial charge in [0, 0.05) is 16.3 Å². The van der Waals surface area contributed by atoms with Crippen LogP contribution in [0.25, 0.3) is 0 Å². The van der Waals surface area contributed by atoms with Crippen molar-refractivity contribution >= 4 is 17.0 Å². The van der Waals surface area contributed by atoms with Crippen LogP contribution in [0.3, 0.4) is 0 Å². The second-order valence-corrected chi connectivity index (χ2v) is 6.25. The van der Waals surface area contributed by atoms with Crippen LogP contribution in [0.2, 0.25) is 0 Å². The molecule has 0 atom stereocenters. The Kier molecular flexibility index (Phi) is 3.27. The summed E-state index contributed by atoms with van der Waals surface area (Å²) in [6.07, 6.45) is 3.79. The van der Waals surface area contributed by atoms with Gasteiger partial charge in [0.15, 0.2) is 0 Å². The number of nitrogens with zero attached hydrogens (tertiary/aromatic N) is 1. The zero-order chi connectivity index (χ0) is 13.2. The summed E-state index contributed by atoms with van der Waals surface area (Å²) >= 11 is 1.91. The Hall–Kier alpha value is -1.79. The Balaban J connectivity index is 1.74. The Bertz CT molecular complexity index is 628. The molecule has 0 fully saturated rings. The summed E-state index contributed by atoms with van der Waals surface area (Å²) in [7, 11) is 0. The molecule has 1 aliphatic carbocycles. The highest BCUT2D eigenvalue weighted by molar-refractivity contribution is 7.12. The molecule has 0 unspecified atom stereocenters. The first-order valence-corrected chi connectivity index (χ1v) is 7.43. The molecule has 1 aliphatic rings. The summed E-state index contributed by atoms with van der Waals surface area (Å²) < 4.78 is 0. The van der Waals surface area contributed by atoms with Crippen LogP contribution in [-0.2, 0) is 19.4 Å². The van der Waals surface area contributed by atoms with Gasteiger partial charge in [-0.15, -0.1) is 11.3 Å². The first-order valence-electron chi connectivity index (χ1n) is 6.61. The van der Waals surface area contributed by atoms with Crippen molar-refractivity contribution < 1.29 is 0 Å². The van der Waals surface area contributed by atoms with Crippen LogP contribution >= 0.6 is 11.3 Å². The fourth-order valence-electron chi connectivity index (χ4n) is 2.56. The lowest BCUT2D eigenvalue weighted by Gasteiger charge is -2.07. The zero-order valence-electron chi connectivity index (χ0n) is 11.0. The fourth-order valence-corrected chi connectivity index (χ4v) is 3.77. The molecule has 1 N–H and O–H groups in total. The Morgan fingerprint density at radius 3 is 3.00 bits per heavy atom. The van der Waals surface area contributed by atoms with Crippen molar-refractivity contribution in [3.63, 3.8) is 0 Å². The van der Waals surface area contributed by atoms with E-state index >= 15 is 0 Å². The monoisotopic (exact) mass is 268 g/mol. The van der Waals surface area contributed by atoms with E-state index in [1.165, 1.54) is 29.7 Å². The van der Waals surface area contributed by atoms with Gasteiger partial charge in [0.2, 0.25) is 0 Å². The van der Waals surface area contributed by atoms with Gasteiger partial charge >= 0.3 is 0 Å². The minimum absolute atomic E-state index is 0.726. The molecule has 0 bridgehead atoms. The highest BCUT2D eigenvalue weighted by Crippen LogP contribution is 2.31. The summed E-state index contributed by atoms with van der Waals surface area (Å²) in [6.45, 7) is 2.82. The van der Waals surface area contributed by atoms with E-state index in [4.69, 9.17) is 5.26 Å². The topological polar surface area (TPSA) is 35.8 Å². The van der Waals surface area contributed by atoms with Crippen molar-refractivity contribution in [3.05, 3.63) is 50.7 Å². The summed E-state index contributed by atoms with van der Waals surface area (Å²) in [6, 6.07) is 10.5. The van der Waals surface area contributed by atoms with Gasteiger partial charge in [-0.2, -0.15) is 5.26 Å². The Labute approximate surface area is 117 Å². The van der Waals surface area contributed by atoms with Crippen LogP contribution in [0.5, 0.6) is 0 Å². The van der Waals surface area contributed by atoms with Gasteiger partial charge in [0.05, 0.1) is 11.3 Å². The average Bonchev–Trinajstić information content (AvgIpc) is 2.97. The van der Waals surface area contributed by atoms with E-state index in [-0.39, 0.29) is 0 Å². The van der Waals surface area contributed by atoms with Gasteiger partial charge in [-0.25, -0.2) is 0 Å². The molecule has 3 heteroatoms. The van der Waals surface area contributed by atoms with Crippen molar-refractivity contribution in [2.45, 2.75) is 32.7 Å². The summed E-state index contributed by atoms with van der Waals surface area (Å²) in [5, 5.41) is 12.5. The van der Waals surface area contributed by atoms with Crippen LogP contribution in [-0.4, -0.2) is 0 Å². The summed E-state index contributed by atoms with van der Waals surface area (Å²) in [5.74, 6) is 0. The van der Waals surface area contributed by atoms with Gasteiger partial charge < -0.3 is 5.32 Å². The largest absolute Gasteiger partial charge is 0.379 e. The quantitative estimate of drug-likeness (QED) is 0.912. The number of nitriles is 1. The maximum absolute atomic E-state index is 9.15. The maximum Gasteiger partial charge on any atom is 0.101 e. The van der Waals surface area contributed by atoms with Crippen LogP contribution in [0.15, 0.2) is 24.3 Å². The minimum Gasteiger partial charge on any atom is -0.379 e. The SMILES string of the molecule is Cc1ccc(NCc2cc3c(s2)CCC3)c(C#N)c1. The molecule has 0 aliphatic heterocycles. The summed E-state index contributed by atoms with van der Waals surface area (Å²) in [5.41, 5.74) is 4.31. The number of aryl methyl sites for hydroxylation is 3. The number of benzene rings is 1. The number of rotatable bonds is 3. The lowest BCUT2D eigenvalue weighted by molar-refractivity contribution is 0.913. The average molecular weight is 268 g/mol. The lowest BCUT2D eigenvalue weighted by Crippen LogP contribution is -2.00. The van der Waals surface area contributed by atoms with Crippen LogP contribution in [0.1, 0.15) is 32.9 Å². The fraction of sp³-hybridized carbons (Fsp3) is 0.312. The van der Waals surface area contributed by atoms with Crippen molar-refractivity contribution in [2.75, 3.05) is 5.32 Å². The molecule has 96 valence electrons. The van der Waals surface area contributed by atoms with E-state index in [2.05, 4.69) is 17.5 Å². The molecule has 2 aromatic rings. The second-order valence-electron chi connectivity index (χ2n) is 5.03. The molecule has 1 aromatic heterocycles. The highest BCUT2D eigenvalue weighted by atomic mass is 32.1. The van der Waals surface area contributed by atoms with E-state index in [9.17, 15) is 0 Å². The van der Waals surface area contributed by atoms with Gasteiger partial charge in [0.1, 0.15) is 6.07 Å². The number of nitrogens with one attached hydrogen (secondary N) is 1. The van der Waals surface area contributed by atoms with Crippen molar-refractivity contribution in [2.24, 2.45) is 0 Å². The predicted molar refractivity (Wildman–Crippen MR) is 79.6 cm³/mol. The maximum atomic E-state index is 9.15. The van der Waals surface area contributed by atoms with Crippen LogP contribution in [0, 0.1) is 18.3 Å². The molecule has 19 heavy (non-hydrogen) atoms. The zero-order valence-corrected chi connectivity index (χ0v) is 11.8. The van der Waals surface area contributed by atoms with Gasteiger partial charge in [0.25, 0.3) is 0 Å². The third kappa shape index (κ3) is 2.50. The Morgan fingerprint density at radius 1 is 1.32 bits per heavy atom. The van der Waals surface area contributed by atoms with Crippen molar-refractivity contribution in [3.8, 4) is 6.07 Å². The number of thiophene rings is 1. The Morgan fingerprint density at radius 2 is 2.21 bits per heavy atom. The number of fused-ring (bicyclic) bond motifs is 1. The molecule has 0 spiro atoms. The summed E-state index contributed by atoms with van der Waals surface area (Å²) in [4.78, 5) is 2.93. The molecule has 0 saturated carbocycles. The minimum atomic E-state index is 0.726. The van der Waals surface area contributed by atoms with E-state index < -0.39 is 0 Å². The van der Waals surface area contributed by atoms with E-state index in [0.29, 0.717) is 0 Å². The second kappa shape index (κ2) is 5.07. The third-order valence-corrected chi connectivity index (χ3v) is 4.78. The first kappa shape index (κ1) is 12.3. The molecule has 1 aromatic carbocycles. The molecular weight excluding hydrogens is 252 g/mol. The van der Waals surface area contributed by atoms with E-state index in [1.54, 1.807) is 4.88 Å². The van der Waals surface area contributed by atoms with Crippen molar-refractivity contribution in [1.82, 2.24) is 0 Å². The molecule has 3 rings (SSSR count). The number of anilines is 1. The van der Waals surface area contributed by atoms with E-state index in [0.717, 1.165) is 23.4 Å². The van der Waals surface area contributed by atoms with Gasteiger partial charge in [-0.3, -0.25) is 0 Å². The standard InChI is InChI=1S/C16H16N2S/c1-11-5-6-15(13(7-11)9-17)18-10-14-8-12-3-2-4-16(12)19-14/h5-8,18H,2-4,10H2,1H3. The molecule has 2 nitrogen and oxygen atoms in total. The highest BCUT2D eigenvalue weighted by Gasteiger charge is 2.14. The van der Waals surface area contributed by atoms with E-state index in [1.807, 2.05) is 36.5 Å². The number of hydrogen-bond donors (Lipinski definition) is 1. The molecule has 0 radical (unpaired) electrons.